The number of ether oxygens (including phenoxy) is 1. The number of nitrogens with zero attached hydrogens (tertiary/aromatic N) is 1. The number of hydrogen-bond acceptors (Lipinski definition) is 3. The topological polar surface area (TPSA) is 57.2 Å². The summed E-state index contributed by atoms with van der Waals surface area (Å²) in [6.07, 6.45) is 1.64. The number of benzene rings is 1. The SMILES string of the molecule is CC(C)n1cc(N)cc1C(=O)OCc1cc(F)cc(F)c1. The standard InChI is InChI=1S/C15H16F2N2O2/c1-9(2)19-7-13(18)6-14(19)15(20)21-8-10-3-11(16)5-12(17)4-10/h3-7,9H,8,18H2,1-2H3. The van der Waals surface area contributed by atoms with Crippen LogP contribution in [0.15, 0.2) is 30.5 Å². The number of esters is 1. The summed E-state index contributed by atoms with van der Waals surface area (Å²) in [5.74, 6) is -2.02. The molecule has 0 radical (unpaired) electrons. The Morgan fingerprint density at radius 2 is 1.86 bits per heavy atom. The first-order valence-electron chi connectivity index (χ1n) is 6.46. The Morgan fingerprint density at radius 3 is 2.43 bits per heavy atom. The van der Waals surface area contributed by atoms with Crippen molar-refractivity contribution in [2.75, 3.05) is 5.73 Å². The molecule has 0 bridgehead atoms. The molecule has 0 unspecified atom stereocenters. The summed E-state index contributed by atoms with van der Waals surface area (Å²) in [4.78, 5) is 12.0. The summed E-state index contributed by atoms with van der Waals surface area (Å²) in [6.45, 7) is 3.59. The van der Waals surface area contributed by atoms with Gasteiger partial charge in [0.1, 0.15) is 23.9 Å². The van der Waals surface area contributed by atoms with Gasteiger partial charge in [-0.1, -0.05) is 0 Å². The van der Waals surface area contributed by atoms with Crippen molar-refractivity contribution in [2.45, 2.75) is 26.5 Å². The molecule has 1 heterocycles. The molecule has 0 spiro atoms. The van der Waals surface area contributed by atoms with Crippen LogP contribution in [-0.2, 0) is 11.3 Å². The Hall–Kier alpha value is -2.37. The van der Waals surface area contributed by atoms with Gasteiger partial charge in [0, 0.05) is 18.3 Å². The number of halogens is 2. The number of nitrogens with two attached hydrogens (primary N) is 1. The summed E-state index contributed by atoms with van der Waals surface area (Å²) in [7, 11) is 0. The van der Waals surface area contributed by atoms with Crippen LogP contribution < -0.4 is 5.73 Å². The zero-order valence-corrected chi connectivity index (χ0v) is 11.8. The number of anilines is 1. The van der Waals surface area contributed by atoms with Crippen molar-refractivity contribution >= 4 is 11.7 Å². The molecule has 0 amide bonds. The molecule has 112 valence electrons. The van der Waals surface area contributed by atoms with Gasteiger partial charge in [-0.25, -0.2) is 13.6 Å². The summed E-state index contributed by atoms with van der Waals surface area (Å²) in [6, 6.07) is 4.54. The van der Waals surface area contributed by atoms with Gasteiger partial charge in [-0.05, 0) is 37.6 Å². The van der Waals surface area contributed by atoms with E-state index >= 15 is 0 Å². The second kappa shape index (κ2) is 5.95. The van der Waals surface area contributed by atoms with Gasteiger partial charge in [0.05, 0.1) is 5.69 Å². The Balaban J connectivity index is 2.11. The molecule has 1 aromatic carbocycles. The third-order valence-corrected chi connectivity index (χ3v) is 2.93. The van der Waals surface area contributed by atoms with Crippen LogP contribution in [0.4, 0.5) is 14.5 Å². The van der Waals surface area contributed by atoms with E-state index in [0.29, 0.717) is 11.4 Å². The van der Waals surface area contributed by atoms with E-state index in [4.69, 9.17) is 10.5 Å². The molecule has 2 N–H and O–H groups in total. The number of nitrogen functional groups attached to an aromatic ring is 1. The number of carbonyl (C=O) groups is 1. The first kappa shape index (κ1) is 15.0. The predicted molar refractivity (Wildman–Crippen MR) is 74.7 cm³/mol. The summed E-state index contributed by atoms with van der Waals surface area (Å²) in [5, 5.41) is 0. The monoisotopic (exact) mass is 294 g/mol. The highest BCUT2D eigenvalue weighted by atomic mass is 19.1. The third-order valence-electron chi connectivity index (χ3n) is 2.93. The fourth-order valence-electron chi connectivity index (χ4n) is 2.01. The number of aromatic nitrogens is 1. The van der Waals surface area contributed by atoms with Crippen molar-refractivity contribution < 1.29 is 18.3 Å². The van der Waals surface area contributed by atoms with Crippen molar-refractivity contribution in [1.29, 1.82) is 0 Å². The van der Waals surface area contributed by atoms with Crippen LogP contribution in [0.1, 0.15) is 35.9 Å². The van der Waals surface area contributed by atoms with E-state index in [0.717, 1.165) is 18.2 Å². The van der Waals surface area contributed by atoms with Crippen molar-refractivity contribution in [3.63, 3.8) is 0 Å². The van der Waals surface area contributed by atoms with Crippen molar-refractivity contribution in [1.82, 2.24) is 4.57 Å². The molecule has 0 saturated heterocycles. The molecule has 0 atom stereocenters. The highest BCUT2D eigenvalue weighted by molar-refractivity contribution is 5.89. The van der Waals surface area contributed by atoms with Crippen LogP contribution in [-0.4, -0.2) is 10.5 Å². The average molecular weight is 294 g/mol. The number of carbonyl (C=O) groups excluding carboxylic acids is 1. The van der Waals surface area contributed by atoms with Crippen LogP contribution in [0.5, 0.6) is 0 Å². The van der Waals surface area contributed by atoms with Gasteiger partial charge in [-0.3, -0.25) is 0 Å². The fraction of sp³-hybridized carbons (Fsp3) is 0.267. The molecule has 2 rings (SSSR count). The van der Waals surface area contributed by atoms with Gasteiger partial charge in [0.2, 0.25) is 0 Å². The molecule has 0 saturated carbocycles. The number of hydrogen-bond donors (Lipinski definition) is 1. The maximum Gasteiger partial charge on any atom is 0.355 e. The summed E-state index contributed by atoms with van der Waals surface area (Å²) >= 11 is 0. The van der Waals surface area contributed by atoms with Gasteiger partial charge in [-0.2, -0.15) is 0 Å². The molecule has 0 aliphatic carbocycles. The quantitative estimate of drug-likeness (QED) is 0.880. The first-order chi connectivity index (χ1) is 9.86. The lowest BCUT2D eigenvalue weighted by atomic mass is 10.2. The van der Waals surface area contributed by atoms with Crippen LogP contribution in [0.3, 0.4) is 0 Å². The van der Waals surface area contributed by atoms with Gasteiger partial charge >= 0.3 is 5.97 Å². The second-order valence-corrected chi connectivity index (χ2v) is 5.01. The summed E-state index contributed by atoms with van der Waals surface area (Å²) < 4.78 is 32.9. The number of rotatable bonds is 4. The average Bonchev–Trinajstić information content (AvgIpc) is 2.77. The molecule has 6 heteroatoms. The van der Waals surface area contributed by atoms with E-state index < -0.39 is 17.6 Å². The maximum atomic E-state index is 13.0. The van der Waals surface area contributed by atoms with Gasteiger partial charge < -0.3 is 15.0 Å². The molecule has 1 aromatic heterocycles. The molecule has 0 aliphatic rings. The Bertz CT molecular complexity index is 645. The molecule has 0 fully saturated rings. The van der Waals surface area contributed by atoms with Crippen molar-refractivity contribution in [3.05, 3.63) is 53.4 Å². The molecule has 4 nitrogen and oxygen atoms in total. The highest BCUT2D eigenvalue weighted by Gasteiger charge is 2.16. The molecular weight excluding hydrogens is 278 g/mol. The maximum absolute atomic E-state index is 13.0. The largest absolute Gasteiger partial charge is 0.456 e. The minimum atomic E-state index is -0.712. The van der Waals surface area contributed by atoms with Crippen LogP contribution in [0.25, 0.3) is 0 Å². The molecule has 21 heavy (non-hydrogen) atoms. The Labute approximate surface area is 121 Å². The van der Waals surface area contributed by atoms with E-state index in [9.17, 15) is 13.6 Å². The van der Waals surface area contributed by atoms with E-state index in [1.54, 1.807) is 10.8 Å². The van der Waals surface area contributed by atoms with Crippen molar-refractivity contribution in [3.8, 4) is 0 Å². The zero-order valence-electron chi connectivity index (χ0n) is 11.8. The zero-order chi connectivity index (χ0) is 15.6. The second-order valence-electron chi connectivity index (χ2n) is 5.01. The van der Waals surface area contributed by atoms with Crippen LogP contribution >= 0.6 is 0 Å². The van der Waals surface area contributed by atoms with Crippen LogP contribution in [0.2, 0.25) is 0 Å². The fourth-order valence-corrected chi connectivity index (χ4v) is 2.01. The first-order valence-corrected chi connectivity index (χ1v) is 6.46. The van der Waals surface area contributed by atoms with E-state index in [-0.39, 0.29) is 18.2 Å². The highest BCUT2D eigenvalue weighted by Crippen LogP contribution is 2.18. The van der Waals surface area contributed by atoms with E-state index in [1.807, 2.05) is 13.8 Å². The van der Waals surface area contributed by atoms with E-state index in [2.05, 4.69) is 0 Å². The summed E-state index contributed by atoms with van der Waals surface area (Å²) in [5.41, 5.74) is 6.68. The Kier molecular flexibility index (Phi) is 4.26. The Morgan fingerprint density at radius 1 is 1.24 bits per heavy atom. The van der Waals surface area contributed by atoms with E-state index in [1.165, 1.54) is 6.07 Å². The normalized spacial score (nSPS) is 10.9. The van der Waals surface area contributed by atoms with Gasteiger partial charge in [0.15, 0.2) is 0 Å². The third kappa shape index (κ3) is 3.59. The minimum Gasteiger partial charge on any atom is -0.456 e. The molecule has 2 aromatic rings. The predicted octanol–water partition coefficient (Wildman–Crippen LogP) is 3.29. The molecule has 0 aliphatic heterocycles. The lowest BCUT2D eigenvalue weighted by Crippen LogP contribution is -2.13. The van der Waals surface area contributed by atoms with Crippen LogP contribution in [0, 0.1) is 11.6 Å². The van der Waals surface area contributed by atoms with Gasteiger partial charge in [-0.15, -0.1) is 0 Å². The minimum absolute atomic E-state index is 0.0384. The lowest BCUT2D eigenvalue weighted by molar-refractivity contribution is 0.0457. The van der Waals surface area contributed by atoms with Gasteiger partial charge in [0.25, 0.3) is 0 Å². The van der Waals surface area contributed by atoms with Crippen molar-refractivity contribution in [2.24, 2.45) is 0 Å². The lowest BCUT2D eigenvalue weighted by Gasteiger charge is -2.12. The smallest absolute Gasteiger partial charge is 0.355 e. The molecular formula is C15H16F2N2O2.